The SMILES string of the molecule is CN(CCOC(C)(C)C)C1(CC(=O)O)CCCCC1. The van der Waals surface area contributed by atoms with Crippen molar-refractivity contribution in [1.29, 1.82) is 0 Å². The molecule has 0 bridgehead atoms. The topological polar surface area (TPSA) is 49.8 Å². The fraction of sp³-hybridized carbons (Fsp3) is 0.933. The summed E-state index contributed by atoms with van der Waals surface area (Å²) in [6.45, 7) is 7.58. The number of hydrogen-bond donors (Lipinski definition) is 1. The fourth-order valence-corrected chi connectivity index (χ4v) is 2.91. The number of nitrogens with zero attached hydrogens (tertiary/aromatic N) is 1. The Kier molecular flexibility index (Phi) is 5.81. The van der Waals surface area contributed by atoms with Crippen molar-refractivity contribution >= 4 is 5.97 Å². The van der Waals surface area contributed by atoms with Crippen LogP contribution >= 0.6 is 0 Å². The summed E-state index contributed by atoms with van der Waals surface area (Å²) < 4.78 is 5.75. The van der Waals surface area contributed by atoms with Crippen molar-refractivity contribution in [1.82, 2.24) is 4.90 Å². The van der Waals surface area contributed by atoms with Crippen molar-refractivity contribution in [2.75, 3.05) is 20.2 Å². The molecule has 0 aromatic heterocycles. The first-order valence-electron chi connectivity index (χ1n) is 7.32. The normalized spacial score (nSPS) is 19.6. The van der Waals surface area contributed by atoms with Gasteiger partial charge >= 0.3 is 5.97 Å². The van der Waals surface area contributed by atoms with Gasteiger partial charge in [0.25, 0.3) is 0 Å². The monoisotopic (exact) mass is 271 g/mol. The van der Waals surface area contributed by atoms with Gasteiger partial charge in [-0.25, -0.2) is 0 Å². The van der Waals surface area contributed by atoms with Crippen LogP contribution in [0.3, 0.4) is 0 Å². The fourth-order valence-electron chi connectivity index (χ4n) is 2.91. The summed E-state index contributed by atoms with van der Waals surface area (Å²) in [7, 11) is 2.04. The number of hydrogen-bond acceptors (Lipinski definition) is 3. The highest BCUT2D eigenvalue weighted by molar-refractivity contribution is 5.68. The molecule has 0 spiro atoms. The maximum Gasteiger partial charge on any atom is 0.305 e. The van der Waals surface area contributed by atoms with Gasteiger partial charge in [-0.2, -0.15) is 0 Å². The Labute approximate surface area is 117 Å². The van der Waals surface area contributed by atoms with Gasteiger partial charge in [0.15, 0.2) is 0 Å². The van der Waals surface area contributed by atoms with E-state index in [1.54, 1.807) is 0 Å². The first kappa shape index (κ1) is 16.4. The molecule has 0 aromatic rings. The lowest BCUT2D eigenvalue weighted by Gasteiger charge is -2.44. The average Bonchev–Trinajstić information content (AvgIpc) is 2.27. The minimum absolute atomic E-state index is 0.132. The second kappa shape index (κ2) is 6.71. The molecule has 1 N–H and O–H groups in total. The predicted octanol–water partition coefficient (Wildman–Crippen LogP) is 2.91. The van der Waals surface area contributed by atoms with Crippen LogP contribution in [0.5, 0.6) is 0 Å². The third kappa shape index (κ3) is 5.49. The van der Waals surface area contributed by atoms with Crippen molar-refractivity contribution in [3.05, 3.63) is 0 Å². The van der Waals surface area contributed by atoms with Crippen LogP contribution < -0.4 is 0 Å². The van der Waals surface area contributed by atoms with E-state index in [1.807, 2.05) is 27.8 Å². The Morgan fingerprint density at radius 3 is 2.32 bits per heavy atom. The van der Waals surface area contributed by atoms with E-state index in [4.69, 9.17) is 4.74 Å². The molecular formula is C15H29NO3. The summed E-state index contributed by atoms with van der Waals surface area (Å²) >= 11 is 0. The van der Waals surface area contributed by atoms with Crippen molar-refractivity contribution < 1.29 is 14.6 Å². The second-order valence-corrected chi connectivity index (χ2v) is 6.74. The Hall–Kier alpha value is -0.610. The number of aliphatic carboxylic acids is 1. The molecule has 0 saturated heterocycles. The second-order valence-electron chi connectivity index (χ2n) is 6.74. The molecule has 19 heavy (non-hydrogen) atoms. The summed E-state index contributed by atoms with van der Waals surface area (Å²) in [5, 5.41) is 9.18. The summed E-state index contributed by atoms with van der Waals surface area (Å²) in [6.07, 6.45) is 5.73. The highest BCUT2D eigenvalue weighted by atomic mass is 16.5. The summed E-state index contributed by atoms with van der Waals surface area (Å²) in [5.74, 6) is -0.689. The van der Waals surface area contributed by atoms with Gasteiger partial charge in [-0.1, -0.05) is 19.3 Å². The Bertz CT molecular complexity index is 290. The van der Waals surface area contributed by atoms with Gasteiger partial charge in [-0.3, -0.25) is 9.69 Å². The number of ether oxygens (including phenoxy) is 1. The molecule has 1 aliphatic carbocycles. The zero-order valence-corrected chi connectivity index (χ0v) is 12.9. The third-order valence-corrected chi connectivity index (χ3v) is 4.04. The first-order chi connectivity index (χ1) is 8.75. The molecule has 112 valence electrons. The number of carboxylic acids is 1. The highest BCUT2D eigenvalue weighted by Crippen LogP contribution is 2.35. The molecule has 1 saturated carbocycles. The van der Waals surface area contributed by atoms with E-state index >= 15 is 0 Å². The van der Waals surface area contributed by atoms with Crippen LogP contribution in [0.4, 0.5) is 0 Å². The zero-order chi connectivity index (χ0) is 14.5. The molecule has 4 heteroatoms. The molecule has 0 aromatic carbocycles. The molecule has 0 atom stereocenters. The Balaban J connectivity index is 2.56. The molecule has 1 fully saturated rings. The van der Waals surface area contributed by atoms with Crippen LogP contribution in [-0.2, 0) is 9.53 Å². The molecular weight excluding hydrogens is 242 g/mol. The molecule has 0 amide bonds. The number of carbonyl (C=O) groups is 1. The van der Waals surface area contributed by atoms with Crippen molar-refractivity contribution in [3.8, 4) is 0 Å². The van der Waals surface area contributed by atoms with Crippen molar-refractivity contribution in [2.24, 2.45) is 0 Å². The molecule has 0 heterocycles. The van der Waals surface area contributed by atoms with E-state index in [2.05, 4.69) is 4.90 Å². The summed E-state index contributed by atoms with van der Waals surface area (Å²) in [4.78, 5) is 13.4. The zero-order valence-electron chi connectivity index (χ0n) is 12.9. The molecule has 4 nitrogen and oxygen atoms in total. The van der Waals surface area contributed by atoms with Gasteiger partial charge < -0.3 is 9.84 Å². The van der Waals surface area contributed by atoms with Crippen molar-refractivity contribution in [3.63, 3.8) is 0 Å². The molecule has 0 radical (unpaired) electrons. The minimum Gasteiger partial charge on any atom is -0.481 e. The summed E-state index contributed by atoms with van der Waals surface area (Å²) in [5.41, 5.74) is -0.293. The smallest absolute Gasteiger partial charge is 0.305 e. The van der Waals surface area contributed by atoms with Gasteiger partial charge in [0.1, 0.15) is 0 Å². The van der Waals surface area contributed by atoms with Crippen LogP contribution in [0, 0.1) is 0 Å². The van der Waals surface area contributed by atoms with Crippen LogP contribution in [0.15, 0.2) is 0 Å². The summed E-state index contributed by atoms with van der Waals surface area (Å²) in [6, 6.07) is 0. The average molecular weight is 271 g/mol. The van der Waals surface area contributed by atoms with E-state index in [0.717, 1.165) is 32.2 Å². The van der Waals surface area contributed by atoms with E-state index in [-0.39, 0.29) is 17.6 Å². The number of rotatable bonds is 6. The highest BCUT2D eigenvalue weighted by Gasteiger charge is 2.37. The maximum atomic E-state index is 11.2. The van der Waals surface area contributed by atoms with E-state index < -0.39 is 5.97 Å². The van der Waals surface area contributed by atoms with E-state index in [9.17, 15) is 9.90 Å². The maximum absolute atomic E-state index is 11.2. The van der Waals surface area contributed by atoms with Gasteiger partial charge in [-0.15, -0.1) is 0 Å². The van der Waals surface area contributed by atoms with Gasteiger partial charge in [-0.05, 0) is 40.7 Å². The lowest BCUT2D eigenvalue weighted by molar-refractivity contribution is -0.141. The number of likely N-dealkylation sites (N-methyl/N-ethyl adjacent to an activating group) is 1. The quantitative estimate of drug-likeness (QED) is 0.807. The first-order valence-corrected chi connectivity index (χ1v) is 7.32. The lowest BCUT2D eigenvalue weighted by atomic mass is 9.78. The Morgan fingerprint density at radius 2 is 1.84 bits per heavy atom. The van der Waals surface area contributed by atoms with Gasteiger partial charge in [0.2, 0.25) is 0 Å². The van der Waals surface area contributed by atoms with Crippen LogP contribution in [0.25, 0.3) is 0 Å². The van der Waals surface area contributed by atoms with Gasteiger partial charge in [0, 0.05) is 12.1 Å². The molecule has 0 unspecified atom stereocenters. The van der Waals surface area contributed by atoms with Crippen LogP contribution in [0.1, 0.15) is 59.3 Å². The van der Waals surface area contributed by atoms with Gasteiger partial charge in [0.05, 0.1) is 18.6 Å². The van der Waals surface area contributed by atoms with Crippen LogP contribution in [0.2, 0.25) is 0 Å². The van der Waals surface area contributed by atoms with E-state index in [0.29, 0.717) is 6.61 Å². The molecule has 0 aliphatic heterocycles. The molecule has 1 rings (SSSR count). The Morgan fingerprint density at radius 1 is 1.26 bits per heavy atom. The van der Waals surface area contributed by atoms with Crippen molar-refractivity contribution in [2.45, 2.75) is 70.4 Å². The van der Waals surface area contributed by atoms with E-state index in [1.165, 1.54) is 6.42 Å². The largest absolute Gasteiger partial charge is 0.481 e. The predicted molar refractivity (Wildman–Crippen MR) is 76.4 cm³/mol. The third-order valence-electron chi connectivity index (χ3n) is 4.04. The number of carboxylic acid groups (broad SMARTS) is 1. The lowest BCUT2D eigenvalue weighted by Crippen LogP contribution is -2.50. The standard InChI is InChI=1S/C15H29NO3/c1-14(2,3)19-11-10-16(4)15(12-13(17)18)8-6-5-7-9-15/h5-12H2,1-4H3,(H,17,18). The van der Waals surface area contributed by atoms with Crippen LogP contribution in [-0.4, -0.2) is 47.3 Å². The molecule has 1 aliphatic rings. The minimum atomic E-state index is -0.689.